The van der Waals surface area contributed by atoms with E-state index in [1.54, 1.807) is 18.3 Å². The van der Waals surface area contributed by atoms with E-state index in [1.807, 2.05) is 31.2 Å². The summed E-state index contributed by atoms with van der Waals surface area (Å²) in [6.07, 6.45) is 3.14. The van der Waals surface area contributed by atoms with Crippen molar-refractivity contribution >= 4 is 27.3 Å². The van der Waals surface area contributed by atoms with Crippen molar-refractivity contribution in [2.45, 2.75) is 11.8 Å². The summed E-state index contributed by atoms with van der Waals surface area (Å²) < 4.78 is 33.2. The minimum atomic E-state index is -3.89. The van der Waals surface area contributed by atoms with Crippen molar-refractivity contribution in [2.75, 3.05) is 11.8 Å². The highest BCUT2D eigenvalue weighted by atomic mass is 35.5. The Kier molecular flexibility index (Phi) is 5.15. The lowest BCUT2D eigenvalue weighted by atomic mass is 10.1. The first-order valence-corrected chi connectivity index (χ1v) is 9.63. The lowest BCUT2D eigenvalue weighted by molar-refractivity contribution is 0.403. The average molecular weight is 389 g/mol. The van der Waals surface area contributed by atoms with Crippen LogP contribution in [0.25, 0.3) is 11.1 Å². The Labute approximate surface area is 157 Å². The molecule has 0 saturated heterocycles. The lowest BCUT2D eigenvalue weighted by Crippen LogP contribution is -2.14. The van der Waals surface area contributed by atoms with E-state index in [9.17, 15) is 8.42 Å². The molecule has 3 rings (SSSR count). The molecule has 0 radical (unpaired) electrons. The molecule has 0 spiro atoms. The highest BCUT2D eigenvalue weighted by Crippen LogP contribution is 2.29. The highest BCUT2D eigenvalue weighted by Gasteiger charge is 2.20. The number of hydrogen-bond acceptors (Lipinski definition) is 4. The molecule has 0 aliphatic rings. The monoisotopic (exact) mass is 388 g/mol. The van der Waals surface area contributed by atoms with E-state index in [0.29, 0.717) is 10.7 Å². The fraction of sp³-hybridized carbons (Fsp3) is 0.105. The van der Waals surface area contributed by atoms with Crippen LogP contribution in [0.5, 0.6) is 5.75 Å². The molecule has 5 nitrogen and oxygen atoms in total. The molecule has 0 aliphatic heterocycles. The normalized spacial score (nSPS) is 11.2. The Morgan fingerprint density at radius 2 is 1.85 bits per heavy atom. The van der Waals surface area contributed by atoms with Crippen LogP contribution in [0.2, 0.25) is 5.02 Å². The van der Waals surface area contributed by atoms with E-state index >= 15 is 0 Å². The molecule has 0 fully saturated rings. The van der Waals surface area contributed by atoms with Crippen LogP contribution in [0.3, 0.4) is 0 Å². The Hall–Kier alpha value is -2.57. The molecule has 1 aromatic heterocycles. The van der Waals surface area contributed by atoms with Crippen LogP contribution in [0.4, 0.5) is 5.69 Å². The maximum Gasteiger partial charge on any atom is 0.265 e. The third-order valence-electron chi connectivity index (χ3n) is 3.76. The van der Waals surface area contributed by atoms with Crippen molar-refractivity contribution in [3.63, 3.8) is 0 Å². The van der Waals surface area contributed by atoms with E-state index < -0.39 is 10.0 Å². The van der Waals surface area contributed by atoms with Gasteiger partial charge in [0.15, 0.2) is 0 Å². The summed E-state index contributed by atoms with van der Waals surface area (Å²) in [5, 5.41) is 0.304. The van der Waals surface area contributed by atoms with Crippen LogP contribution in [-0.4, -0.2) is 20.5 Å². The fourth-order valence-corrected chi connectivity index (χ4v) is 4.02. The van der Waals surface area contributed by atoms with Gasteiger partial charge in [0, 0.05) is 16.8 Å². The summed E-state index contributed by atoms with van der Waals surface area (Å²) in [6, 6.07) is 14.1. The minimum absolute atomic E-state index is 0.0338. The summed E-state index contributed by atoms with van der Waals surface area (Å²) in [7, 11) is -2.48. The predicted molar refractivity (Wildman–Crippen MR) is 103 cm³/mol. The number of nitrogens with one attached hydrogen (secondary N) is 1. The molecule has 3 aromatic rings. The van der Waals surface area contributed by atoms with Gasteiger partial charge in [0.05, 0.1) is 19.0 Å². The van der Waals surface area contributed by atoms with Gasteiger partial charge in [-0.1, -0.05) is 41.4 Å². The molecule has 26 heavy (non-hydrogen) atoms. The molecule has 134 valence electrons. The van der Waals surface area contributed by atoms with Crippen molar-refractivity contribution in [2.24, 2.45) is 0 Å². The van der Waals surface area contributed by atoms with Crippen LogP contribution < -0.4 is 9.46 Å². The lowest BCUT2D eigenvalue weighted by Gasteiger charge is -2.12. The van der Waals surface area contributed by atoms with E-state index in [4.69, 9.17) is 16.3 Å². The molecular weight excluding hydrogens is 372 g/mol. The van der Waals surface area contributed by atoms with Crippen LogP contribution in [0, 0.1) is 6.92 Å². The van der Waals surface area contributed by atoms with Gasteiger partial charge in [0.2, 0.25) is 0 Å². The standard InChI is InChI=1S/C19H17ClN2O3S/c1-13-4-3-5-14(8-13)15-9-17(12-21-11-15)22-26(23,24)19-10-16(20)6-7-18(19)25-2/h3-12,22H,1-2H3. The minimum Gasteiger partial charge on any atom is -0.495 e. The van der Waals surface area contributed by atoms with E-state index in [2.05, 4.69) is 9.71 Å². The number of nitrogens with zero attached hydrogens (tertiary/aromatic N) is 1. The number of anilines is 1. The molecule has 0 aliphatic carbocycles. The number of aromatic nitrogens is 1. The maximum atomic E-state index is 12.8. The van der Waals surface area contributed by atoms with Crippen molar-refractivity contribution in [1.29, 1.82) is 0 Å². The van der Waals surface area contributed by atoms with Gasteiger partial charge in [-0.3, -0.25) is 9.71 Å². The van der Waals surface area contributed by atoms with Gasteiger partial charge in [-0.05, 0) is 36.8 Å². The van der Waals surface area contributed by atoms with Crippen molar-refractivity contribution in [3.05, 3.63) is 71.5 Å². The number of rotatable bonds is 5. The van der Waals surface area contributed by atoms with Gasteiger partial charge in [-0.15, -0.1) is 0 Å². The van der Waals surface area contributed by atoms with Gasteiger partial charge in [-0.25, -0.2) is 8.42 Å². The predicted octanol–water partition coefficient (Wildman–Crippen LogP) is 4.52. The number of halogens is 1. The number of pyridine rings is 1. The Morgan fingerprint density at radius 3 is 2.58 bits per heavy atom. The van der Waals surface area contributed by atoms with Gasteiger partial charge in [-0.2, -0.15) is 0 Å². The van der Waals surface area contributed by atoms with Gasteiger partial charge >= 0.3 is 0 Å². The molecule has 2 aromatic carbocycles. The molecule has 7 heteroatoms. The van der Waals surface area contributed by atoms with Crippen LogP contribution in [0.1, 0.15) is 5.56 Å². The van der Waals surface area contributed by atoms with Crippen LogP contribution >= 0.6 is 11.6 Å². The van der Waals surface area contributed by atoms with Crippen molar-refractivity contribution < 1.29 is 13.2 Å². The summed E-state index contributed by atoms with van der Waals surface area (Å²) in [5.74, 6) is 0.213. The van der Waals surface area contributed by atoms with E-state index in [-0.39, 0.29) is 10.6 Å². The number of sulfonamides is 1. The van der Waals surface area contributed by atoms with Crippen LogP contribution in [-0.2, 0) is 10.0 Å². The van der Waals surface area contributed by atoms with Gasteiger partial charge < -0.3 is 4.74 Å². The molecule has 1 heterocycles. The smallest absolute Gasteiger partial charge is 0.265 e. The number of hydrogen-bond donors (Lipinski definition) is 1. The fourth-order valence-electron chi connectivity index (χ4n) is 2.55. The summed E-state index contributed by atoms with van der Waals surface area (Å²) in [6.45, 7) is 1.99. The second-order valence-electron chi connectivity index (χ2n) is 5.73. The number of ether oxygens (including phenoxy) is 1. The molecule has 0 unspecified atom stereocenters. The number of aryl methyl sites for hydroxylation is 1. The third-order valence-corrected chi connectivity index (χ3v) is 5.39. The Balaban J connectivity index is 1.96. The van der Waals surface area contributed by atoms with Crippen LogP contribution in [0.15, 0.2) is 65.8 Å². The summed E-state index contributed by atoms with van der Waals surface area (Å²) in [4.78, 5) is 4.11. The van der Waals surface area contributed by atoms with Gasteiger partial charge in [0.1, 0.15) is 10.6 Å². The maximum absolute atomic E-state index is 12.8. The highest BCUT2D eigenvalue weighted by molar-refractivity contribution is 7.92. The largest absolute Gasteiger partial charge is 0.495 e. The topological polar surface area (TPSA) is 68.3 Å². The summed E-state index contributed by atoms with van der Waals surface area (Å²) >= 11 is 5.94. The first kappa shape index (κ1) is 18.2. The zero-order chi connectivity index (χ0) is 18.7. The first-order valence-electron chi connectivity index (χ1n) is 7.77. The molecule has 0 atom stereocenters. The first-order chi connectivity index (χ1) is 12.4. The quantitative estimate of drug-likeness (QED) is 0.697. The third kappa shape index (κ3) is 3.98. The molecule has 1 N–H and O–H groups in total. The average Bonchev–Trinajstić information content (AvgIpc) is 2.61. The zero-order valence-corrected chi connectivity index (χ0v) is 15.8. The summed E-state index contributed by atoms with van der Waals surface area (Å²) in [5.41, 5.74) is 3.23. The molecule has 0 amide bonds. The van der Waals surface area contributed by atoms with Crippen molar-refractivity contribution in [3.8, 4) is 16.9 Å². The number of benzene rings is 2. The second kappa shape index (κ2) is 7.35. The Bertz CT molecular complexity index is 1050. The van der Waals surface area contributed by atoms with Crippen molar-refractivity contribution in [1.82, 2.24) is 4.98 Å². The molecule has 0 bridgehead atoms. The molecular formula is C19H17ClN2O3S. The second-order valence-corrected chi connectivity index (χ2v) is 7.82. The van der Waals surface area contributed by atoms with Gasteiger partial charge in [0.25, 0.3) is 10.0 Å². The Morgan fingerprint density at radius 1 is 1.04 bits per heavy atom. The SMILES string of the molecule is COc1ccc(Cl)cc1S(=O)(=O)Nc1cncc(-c2cccc(C)c2)c1. The van der Waals surface area contributed by atoms with E-state index in [0.717, 1.165) is 16.7 Å². The zero-order valence-electron chi connectivity index (χ0n) is 14.2. The van der Waals surface area contributed by atoms with E-state index in [1.165, 1.54) is 25.4 Å². The molecule has 0 saturated carbocycles. The number of methoxy groups -OCH3 is 1.